The third-order valence-corrected chi connectivity index (χ3v) is 9.05. The Hall–Kier alpha value is -3.43. The molecule has 0 spiro atoms. The van der Waals surface area contributed by atoms with Crippen molar-refractivity contribution in [1.82, 2.24) is 10.2 Å². The molecule has 0 aromatic heterocycles. The van der Waals surface area contributed by atoms with Crippen LogP contribution >= 0.6 is 11.6 Å². The van der Waals surface area contributed by atoms with Gasteiger partial charge in [0.05, 0.1) is 10.6 Å². The zero-order chi connectivity index (χ0) is 28.0. The van der Waals surface area contributed by atoms with Gasteiger partial charge in [-0.15, -0.1) is 0 Å². The van der Waals surface area contributed by atoms with E-state index in [1.165, 1.54) is 4.90 Å². The van der Waals surface area contributed by atoms with Crippen LogP contribution in [-0.4, -0.2) is 43.8 Å². The SMILES string of the molecule is C[C@@H](C(=O)NC1CCCC1)N(Cc1ccccc1Cl)C(=O)CN(c1ccccc1)S(=O)(=O)c1ccc(F)cc1. The standard InChI is InChI=1S/C29H31ClFN3O4S/c1-21(29(36)32-24-10-6-7-11-24)33(19-22-9-5-8-14-27(22)30)28(35)20-34(25-12-3-2-4-13-25)39(37,38)26-17-15-23(31)16-18-26/h2-5,8-9,12-18,21,24H,6-7,10-11,19-20H2,1H3,(H,32,36)/t21-/m0/s1. The van der Waals surface area contributed by atoms with Crippen molar-refractivity contribution in [3.8, 4) is 0 Å². The zero-order valence-electron chi connectivity index (χ0n) is 21.6. The highest BCUT2D eigenvalue weighted by molar-refractivity contribution is 7.92. The number of carbonyl (C=O) groups is 2. The Morgan fingerprint density at radius 1 is 0.974 bits per heavy atom. The second-order valence-corrected chi connectivity index (χ2v) is 11.8. The van der Waals surface area contributed by atoms with Crippen molar-refractivity contribution in [2.24, 2.45) is 0 Å². The number of amides is 2. The Morgan fingerprint density at radius 3 is 2.23 bits per heavy atom. The molecule has 2 amide bonds. The molecule has 1 N–H and O–H groups in total. The fraction of sp³-hybridized carbons (Fsp3) is 0.310. The monoisotopic (exact) mass is 571 g/mol. The molecular weight excluding hydrogens is 541 g/mol. The molecule has 4 rings (SSSR count). The van der Waals surface area contributed by atoms with Gasteiger partial charge in [0.15, 0.2) is 0 Å². The Balaban J connectivity index is 1.67. The van der Waals surface area contributed by atoms with Crippen molar-refractivity contribution in [3.63, 3.8) is 0 Å². The zero-order valence-corrected chi connectivity index (χ0v) is 23.2. The summed E-state index contributed by atoms with van der Waals surface area (Å²) >= 11 is 6.39. The van der Waals surface area contributed by atoms with E-state index in [9.17, 15) is 22.4 Å². The van der Waals surface area contributed by atoms with E-state index >= 15 is 0 Å². The molecule has 39 heavy (non-hydrogen) atoms. The van der Waals surface area contributed by atoms with Crippen LogP contribution in [-0.2, 0) is 26.2 Å². The highest BCUT2D eigenvalue weighted by Gasteiger charge is 2.33. The quantitative estimate of drug-likeness (QED) is 0.365. The fourth-order valence-corrected chi connectivity index (χ4v) is 6.25. The van der Waals surface area contributed by atoms with E-state index < -0.39 is 34.3 Å². The highest BCUT2D eigenvalue weighted by Crippen LogP contribution is 2.26. The van der Waals surface area contributed by atoms with E-state index in [2.05, 4.69) is 5.32 Å². The molecule has 1 fully saturated rings. The molecule has 0 bridgehead atoms. The summed E-state index contributed by atoms with van der Waals surface area (Å²) in [6.45, 7) is 1.06. The average molecular weight is 572 g/mol. The molecule has 3 aromatic carbocycles. The molecule has 206 valence electrons. The van der Waals surface area contributed by atoms with Crippen LogP contribution in [0.25, 0.3) is 0 Å². The predicted octanol–water partition coefficient (Wildman–Crippen LogP) is 5.15. The number of carbonyl (C=O) groups excluding carboxylic acids is 2. The summed E-state index contributed by atoms with van der Waals surface area (Å²) in [7, 11) is -4.25. The first kappa shape index (κ1) is 28.6. The molecule has 3 aromatic rings. The van der Waals surface area contributed by atoms with Crippen LogP contribution < -0.4 is 9.62 Å². The van der Waals surface area contributed by atoms with E-state index in [1.807, 2.05) is 0 Å². The first-order chi connectivity index (χ1) is 18.7. The topological polar surface area (TPSA) is 86.8 Å². The summed E-state index contributed by atoms with van der Waals surface area (Å²) in [5.74, 6) is -1.47. The number of halogens is 2. The second kappa shape index (κ2) is 12.6. The number of benzene rings is 3. The van der Waals surface area contributed by atoms with E-state index in [1.54, 1.807) is 61.5 Å². The van der Waals surface area contributed by atoms with Gasteiger partial charge in [-0.1, -0.05) is 60.8 Å². The number of nitrogens with one attached hydrogen (secondary N) is 1. The minimum Gasteiger partial charge on any atom is -0.352 e. The lowest BCUT2D eigenvalue weighted by Crippen LogP contribution is -2.52. The van der Waals surface area contributed by atoms with Gasteiger partial charge in [-0.25, -0.2) is 12.8 Å². The Kier molecular flexibility index (Phi) is 9.24. The van der Waals surface area contributed by atoms with Crippen molar-refractivity contribution in [3.05, 3.63) is 95.3 Å². The smallest absolute Gasteiger partial charge is 0.264 e. The van der Waals surface area contributed by atoms with E-state index in [0.29, 0.717) is 10.6 Å². The van der Waals surface area contributed by atoms with Crippen molar-refractivity contribution in [2.75, 3.05) is 10.8 Å². The maximum atomic E-state index is 13.9. The summed E-state index contributed by atoms with van der Waals surface area (Å²) in [5, 5.41) is 3.46. The van der Waals surface area contributed by atoms with Crippen LogP contribution in [0.4, 0.5) is 10.1 Å². The van der Waals surface area contributed by atoms with E-state index in [4.69, 9.17) is 11.6 Å². The summed E-state index contributed by atoms with van der Waals surface area (Å²) < 4.78 is 41.9. The molecule has 0 radical (unpaired) electrons. The maximum absolute atomic E-state index is 13.9. The minimum absolute atomic E-state index is 0.0109. The van der Waals surface area contributed by atoms with Gasteiger partial charge in [-0.2, -0.15) is 0 Å². The molecule has 1 saturated carbocycles. The van der Waals surface area contributed by atoms with E-state index in [0.717, 1.165) is 54.3 Å². The molecule has 0 saturated heterocycles. The van der Waals surface area contributed by atoms with Gasteiger partial charge >= 0.3 is 0 Å². The van der Waals surface area contributed by atoms with Crippen molar-refractivity contribution in [1.29, 1.82) is 0 Å². The predicted molar refractivity (Wildman–Crippen MR) is 149 cm³/mol. The first-order valence-corrected chi connectivity index (χ1v) is 14.6. The van der Waals surface area contributed by atoms with Crippen LogP contribution in [0.15, 0.2) is 83.8 Å². The van der Waals surface area contributed by atoms with Crippen LogP contribution in [0.1, 0.15) is 38.2 Å². The highest BCUT2D eigenvalue weighted by atomic mass is 35.5. The van der Waals surface area contributed by atoms with Gasteiger partial charge in [-0.3, -0.25) is 13.9 Å². The number of hydrogen-bond donors (Lipinski definition) is 1. The van der Waals surface area contributed by atoms with Gasteiger partial charge in [-0.05, 0) is 67.8 Å². The van der Waals surface area contributed by atoms with Gasteiger partial charge in [0.25, 0.3) is 10.0 Å². The Bertz CT molecular complexity index is 1400. The second-order valence-electron chi connectivity index (χ2n) is 9.58. The number of sulfonamides is 1. The number of nitrogens with zero attached hydrogens (tertiary/aromatic N) is 2. The van der Waals surface area contributed by atoms with Gasteiger partial charge in [0, 0.05) is 17.6 Å². The molecule has 0 unspecified atom stereocenters. The van der Waals surface area contributed by atoms with Crippen LogP contribution in [0.3, 0.4) is 0 Å². The van der Waals surface area contributed by atoms with Crippen molar-refractivity contribution < 1.29 is 22.4 Å². The van der Waals surface area contributed by atoms with Crippen LogP contribution in [0, 0.1) is 5.82 Å². The third-order valence-electron chi connectivity index (χ3n) is 6.89. The molecular formula is C29H31ClFN3O4S. The van der Waals surface area contributed by atoms with Gasteiger partial charge < -0.3 is 10.2 Å². The average Bonchev–Trinajstić information content (AvgIpc) is 3.44. The third kappa shape index (κ3) is 6.96. The summed E-state index contributed by atoms with van der Waals surface area (Å²) in [4.78, 5) is 28.3. The van der Waals surface area contributed by atoms with Crippen molar-refractivity contribution in [2.45, 2.75) is 56.1 Å². The number of anilines is 1. The van der Waals surface area contributed by atoms with Gasteiger partial charge in [0.1, 0.15) is 18.4 Å². The lowest BCUT2D eigenvalue weighted by atomic mass is 10.1. The van der Waals surface area contributed by atoms with Crippen LogP contribution in [0.5, 0.6) is 0 Å². The minimum atomic E-state index is -4.25. The molecule has 1 aliphatic rings. The largest absolute Gasteiger partial charge is 0.352 e. The maximum Gasteiger partial charge on any atom is 0.264 e. The van der Waals surface area contributed by atoms with Crippen LogP contribution in [0.2, 0.25) is 5.02 Å². The molecule has 10 heteroatoms. The summed E-state index contributed by atoms with van der Waals surface area (Å²) in [5.41, 5.74) is 0.886. The summed E-state index contributed by atoms with van der Waals surface area (Å²) in [6.07, 6.45) is 3.84. The lowest BCUT2D eigenvalue weighted by Gasteiger charge is -2.32. The lowest BCUT2D eigenvalue weighted by molar-refractivity contribution is -0.139. The molecule has 0 heterocycles. The number of hydrogen-bond acceptors (Lipinski definition) is 4. The fourth-order valence-electron chi connectivity index (χ4n) is 4.64. The first-order valence-electron chi connectivity index (χ1n) is 12.8. The molecule has 7 nitrogen and oxygen atoms in total. The Labute approximate surface area is 233 Å². The summed E-state index contributed by atoms with van der Waals surface area (Å²) in [6, 6.07) is 18.8. The molecule has 1 atom stereocenters. The number of rotatable bonds is 10. The molecule has 0 aliphatic heterocycles. The molecule has 1 aliphatic carbocycles. The van der Waals surface area contributed by atoms with E-state index in [-0.39, 0.29) is 29.1 Å². The normalized spacial score (nSPS) is 14.5. The Morgan fingerprint density at radius 2 is 1.59 bits per heavy atom. The van der Waals surface area contributed by atoms with Crippen molar-refractivity contribution >= 4 is 39.1 Å². The number of para-hydroxylation sites is 1. The van der Waals surface area contributed by atoms with Gasteiger partial charge in [0.2, 0.25) is 11.8 Å².